The number of amides is 1. The van der Waals surface area contributed by atoms with Crippen molar-refractivity contribution in [3.05, 3.63) is 22.3 Å². The van der Waals surface area contributed by atoms with Crippen molar-refractivity contribution in [2.75, 3.05) is 11.4 Å². The molecule has 0 aliphatic rings. The first kappa shape index (κ1) is 18.4. The molecule has 0 fully saturated rings. The lowest BCUT2D eigenvalue weighted by molar-refractivity contribution is -0.138. The second-order valence-electron chi connectivity index (χ2n) is 4.24. The number of nitrogens with zero attached hydrogens (tertiary/aromatic N) is 1. The van der Waals surface area contributed by atoms with Crippen LogP contribution in [-0.2, 0) is 9.59 Å². The van der Waals surface area contributed by atoms with Crippen LogP contribution < -0.4 is 4.90 Å². The van der Waals surface area contributed by atoms with E-state index in [9.17, 15) is 14.7 Å². The summed E-state index contributed by atoms with van der Waals surface area (Å²) >= 11 is 6.49. The zero-order chi connectivity index (χ0) is 15.6. The molecule has 110 valence electrons. The van der Waals surface area contributed by atoms with Gasteiger partial charge in [-0.1, -0.05) is 0 Å². The average Bonchev–Trinajstić information content (AvgIpc) is 2.33. The van der Waals surface area contributed by atoms with Gasteiger partial charge in [0.15, 0.2) is 0 Å². The van der Waals surface area contributed by atoms with E-state index in [-0.39, 0.29) is 5.91 Å². The summed E-state index contributed by atoms with van der Waals surface area (Å²) in [5.41, 5.74) is 1.58. The number of anilines is 1. The number of halogens is 3. The third kappa shape index (κ3) is 3.76. The summed E-state index contributed by atoms with van der Waals surface area (Å²) in [4.78, 5) is 24.7. The maximum absolute atomic E-state index is 11.8. The van der Waals surface area contributed by atoms with Gasteiger partial charge in [0.05, 0.1) is 11.6 Å². The fourth-order valence-electron chi connectivity index (χ4n) is 1.90. The topological polar surface area (TPSA) is 57.6 Å². The molecule has 0 radical (unpaired) electrons. The highest BCUT2D eigenvalue weighted by atomic mass is 127. The molecule has 1 aromatic carbocycles. The molecule has 4 nitrogen and oxygen atoms in total. The monoisotopic (exact) mass is 613 g/mol. The van der Waals surface area contributed by atoms with Gasteiger partial charge in [0.1, 0.15) is 0 Å². The van der Waals surface area contributed by atoms with E-state index in [0.717, 1.165) is 22.0 Å². The van der Waals surface area contributed by atoms with Gasteiger partial charge in [-0.2, -0.15) is 0 Å². The molecule has 0 saturated carbocycles. The van der Waals surface area contributed by atoms with Crippen molar-refractivity contribution in [1.29, 1.82) is 0 Å². The highest BCUT2D eigenvalue weighted by Gasteiger charge is 2.26. The third-order valence-corrected chi connectivity index (χ3v) is 5.76. The van der Waals surface area contributed by atoms with Crippen molar-refractivity contribution in [2.24, 2.45) is 0 Å². The Labute approximate surface area is 159 Å². The number of carbonyl (C=O) groups excluding carboxylic acids is 1. The Balaban J connectivity index is 3.59. The van der Waals surface area contributed by atoms with E-state index >= 15 is 0 Å². The van der Waals surface area contributed by atoms with Crippen molar-refractivity contribution in [3.63, 3.8) is 0 Å². The molecule has 1 atom stereocenters. The van der Waals surface area contributed by atoms with Crippen molar-refractivity contribution < 1.29 is 14.7 Å². The molecular formula is C13H14I3NO3. The van der Waals surface area contributed by atoms with Gasteiger partial charge in [-0.25, -0.2) is 0 Å². The Bertz CT molecular complexity index is 560. The summed E-state index contributed by atoms with van der Waals surface area (Å²) < 4.78 is 2.70. The van der Waals surface area contributed by atoms with Crippen LogP contribution in [0.5, 0.6) is 0 Å². The highest BCUT2D eigenvalue weighted by molar-refractivity contribution is 14.1. The zero-order valence-corrected chi connectivity index (χ0v) is 17.7. The molecule has 0 aliphatic carbocycles. The Kier molecular flexibility index (Phi) is 6.96. The Morgan fingerprint density at radius 2 is 1.85 bits per heavy atom. The van der Waals surface area contributed by atoms with Crippen LogP contribution in [0.3, 0.4) is 0 Å². The van der Waals surface area contributed by atoms with Gasteiger partial charge in [-0.15, -0.1) is 0 Å². The van der Waals surface area contributed by atoms with Gasteiger partial charge < -0.3 is 10.0 Å². The van der Waals surface area contributed by atoms with Crippen LogP contribution in [0.25, 0.3) is 0 Å². The molecule has 1 aromatic rings. The minimum absolute atomic E-state index is 0.0431. The predicted molar refractivity (Wildman–Crippen MR) is 104 cm³/mol. The molecular weight excluding hydrogens is 599 g/mol. The summed E-state index contributed by atoms with van der Waals surface area (Å²) in [6.07, 6.45) is 0. The lowest BCUT2D eigenvalue weighted by Gasteiger charge is -2.25. The lowest BCUT2D eigenvalue weighted by Crippen LogP contribution is -2.30. The van der Waals surface area contributed by atoms with E-state index in [0.29, 0.717) is 6.54 Å². The molecule has 0 saturated heterocycles. The van der Waals surface area contributed by atoms with E-state index in [2.05, 4.69) is 67.8 Å². The maximum atomic E-state index is 11.8. The number of carboxylic acid groups (broad SMARTS) is 1. The minimum atomic E-state index is -0.862. The van der Waals surface area contributed by atoms with Crippen LogP contribution >= 0.6 is 67.8 Å². The standard InChI is InChI=1S/C13H14I3NO3/c1-4-17(7(3)18)12-9(15)5-8(14)10(11(12)16)6(2)13(19)20/h5-6H,4H2,1-3H3,(H,19,20)/t6-/m0/s1. The van der Waals surface area contributed by atoms with E-state index in [1.54, 1.807) is 11.8 Å². The normalized spacial score (nSPS) is 12.1. The number of benzene rings is 1. The molecule has 0 bridgehead atoms. The quantitative estimate of drug-likeness (QED) is 0.522. The molecule has 0 heterocycles. The smallest absolute Gasteiger partial charge is 0.310 e. The number of aliphatic carboxylic acids is 1. The fraction of sp³-hybridized carbons (Fsp3) is 0.385. The first-order chi connectivity index (χ1) is 9.22. The van der Waals surface area contributed by atoms with Crippen LogP contribution in [0.4, 0.5) is 5.69 Å². The summed E-state index contributed by atoms with van der Waals surface area (Å²) in [5.74, 6) is -1.51. The zero-order valence-electron chi connectivity index (χ0n) is 11.2. The van der Waals surface area contributed by atoms with E-state index in [1.807, 2.05) is 13.0 Å². The van der Waals surface area contributed by atoms with Gasteiger partial charge in [-0.05, 0) is 93.2 Å². The molecule has 20 heavy (non-hydrogen) atoms. The van der Waals surface area contributed by atoms with Crippen LogP contribution in [-0.4, -0.2) is 23.5 Å². The molecule has 1 N–H and O–H groups in total. The fourth-order valence-corrected chi connectivity index (χ4v) is 6.79. The Hall–Kier alpha value is 0.350. The summed E-state index contributed by atoms with van der Waals surface area (Å²) in [6.45, 7) is 5.66. The van der Waals surface area contributed by atoms with Crippen LogP contribution in [0.1, 0.15) is 32.3 Å². The van der Waals surface area contributed by atoms with Crippen molar-refractivity contribution in [3.8, 4) is 0 Å². The van der Waals surface area contributed by atoms with Crippen LogP contribution in [0.15, 0.2) is 6.07 Å². The second-order valence-corrected chi connectivity index (χ2v) is 7.64. The number of carboxylic acids is 1. The maximum Gasteiger partial charge on any atom is 0.310 e. The van der Waals surface area contributed by atoms with Crippen LogP contribution in [0, 0.1) is 10.7 Å². The average molecular weight is 613 g/mol. The van der Waals surface area contributed by atoms with Gasteiger partial charge in [0.2, 0.25) is 5.91 Å². The van der Waals surface area contributed by atoms with E-state index in [1.165, 1.54) is 6.92 Å². The molecule has 0 aliphatic heterocycles. The highest BCUT2D eigenvalue weighted by Crippen LogP contribution is 2.37. The Morgan fingerprint density at radius 1 is 1.30 bits per heavy atom. The lowest BCUT2D eigenvalue weighted by atomic mass is 10.0. The van der Waals surface area contributed by atoms with Gasteiger partial charge in [0.25, 0.3) is 0 Å². The third-order valence-electron chi connectivity index (χ3n) is 2.95. The number of carbonyl (C=O) groups is 2. The predicted octanol–water partition coefficient (Wildman–Crippen LogP) is 4.06. The van der Waals surface area contributed by atoms with Crippen LogP contribution in [0.2, 0.25) is 0 Å². The van der Waals surface area contributed by atoms with Crippen molar-refractivity contribution in [2.45, 2.75) is 26.7 Å². The minimum Gasteiger partial charge on any atom is -0.481 e. The first-order valence-corrected chi connectivity index (χ1v) is 9.14. The molecule has 7 heteroatoms. The summed E-state index contributed by atoms with van der Waals surface area (Å²) in [5, 5.41) is 9.26. The number of hydrogen-bond donors (Lipinski definition) is 1. The molecule has 1 rings (SSSR count). The molecule has 1 amide bonds. The molecule has 0 aromatic heterocycles. The number of rotatable bonds is 4. The Morgan fingerprint density at radius 3 is 2.25 bits per heavy atom. The van der Waals surface area contributed by atoms with Crippen molar-refractivity contribution in [1.82, 2.24) is 0 Å². The van der Waals surface area contributed by atoms with Gasteiger partial charge in [-0.3, -0.25) is 9.59 Å². The molecule has 0 unspecified atom stereocenters. The summed E-state index contributed by atoms with van der Waals surface area (Å²) in [7, 11) is 0. The van der Waals surface area contributed by atoms with Gasteiger partial charge in [0, 0.05) is 24.2 Å². The van der Waals surface area contributed by atoms with Crippen molar-refractivity contribution >= 4 is 85.3 Å². The van der Waals surface area contributed by atoms with E-state index < -0.39 is 11.9 Å². The largest absolute Gasteiger partial charge is 0.481 e. The van der Waals surface area contributed by atoms with Gasteiger partial charge >= 0.3 is 5.97 Å². The first-order valence-electron chi connectivity index (χ1n) is 5.90. The SMILES string of the molecule is CCN(C(C)=O)c1c(I)cc(I)c([C@H](C)C(=O)O)c1I. The van der Waals surface area contributed by atoms with E-state index in [4.69, 9.17) is 0 Å². The summed E-state index contributed by atoms with van der Waals surface area (Å²) in [6, 6.07) is 1.93. The number of hydrogen-bond acceptors (Lipinski definition) is 2. The molecule has 0 spiro atoms. The second kappa shape index (κ2) is 7.56.